The number of hydrogen-bond acceptors (Lipinski definition) is 4. The average molecular weight is 395 g/mol. The first-order valence-electron chi connectivity index (χ1n) is 9.62. The van der Waals surface area contributed by atoms with Gasteiger partial charge >= 0.3 is 6.03 Å². The maximum Gasteiger partial charge on any atom is 0.325 e. The highest BCUT2D eigenvalue weighted by atomic mass is 16.5. The molecule has 3 rings (SSSR count). The van der Waals surface area contributed by atoms with Crippen LogP contribution in [-0.2, 0) is 22.6 Å². The number of methoxy groups -OCH3 is 1. The molecule has 29 heavy (non-hydrogen) atoms. The highest BCUT2D eigenvalue weighted by Gasteiger charge is 2.37. The van der Waals surface area contributed by atoms with E-state index in [2.05, 4.69) is 10.6 Å². The highest BCUT2D eigenvalue weighted by molar-refractivity contribution is 6.04. The summed E-state index contributed by atoms with van der Waals surface area (Å²) in [4.78, 5) is 37.9. The molecule has 0 spiro atoms. The number of carbonyl (C=O) groups is 3. The van der Waals surface area contributed by atoms with Crippen LogP contribution in [0.15, 0.2) is 54.6 Å². The number of imide groups is 1. The summed E-state index contributed by atoms with van der Waals surface area (Å²) < 4.78 is 5.12. The summed E-state index contributed by atoms with van der Waals surface area (Å²) in [5.74, 6) is 0.370. The molecule has 0 saturated carbocycles. The summed E-state index contributed by atoms with van der Waals surface area (Å²) in [5.41, 5.74) is 1.98. The Labute approximate surface area is 170 Å². The van der Waals surface area contributed by atoms with Crippen LogP contribution in [0.3, 0.4) is 0 Å². The monoisotopic (exact) mass is 395 g/mol. The second-order valence-electron chi connectivity index (χ2n) is 6.90. The summed E-state index contributed by atoms with van der Waals surface area (Å²) in [5, 5.41) is 5.52. The van der Waals surface area contributed by atoms with Crippen molar-refractivity contribution in [2.24, 2.45) is 0 Å². The van der Waals surface area contributed by atoms with Crippen LogP contribution in [0.4, 0.5) is 4.79 Å². The van der Waals surface area contributed by atoms with E-state index in [1.165, 1.54) is 4.90 Å². The van der Waals surface area contributed by atoms with Crippen LogP contribution >= 0.6 is 0 Å². The molecule has 2 aromatic rings. The number of carbonyl (C=O) groups excluding carboxylic acids is 3. The smallest absolute Gasteiger partial charge is 0.325 e. The molecule has 7 nitrogen and oxygen atoms in total. The number of ether oxygens (including phenoxy) is 1. The number of rotatable bonds is 9. The molecule has 4 amide bonds. The number of nitrogens with one attached hydrogen (secondary N) is 2. The Morgan fingerprint density at radius 3 is 2.48 bits per heavy atom. The molecule has 2 N–H and O–H groups in total. The van der Waals surface area contributed by atoms with Crippen LogP contribution in [-0.4, -0.2) is 42.4 Å². The van der Waals surface area contributed by atoms with E-state index in [0.29, 0.717) is 13.0 Å². The van der Waals surface area contributed by atoms with Gasteiger partial charge in [0.2, 0.25) is 5.91 Å². The van der Waals surface area contributed by atoms with E-state index in [0.717, 1.165) is 16.9 Å². The Kier molecular flexibility index (Phi) is 6.84. The normalized spacial score (nSPS) is 15.9. The van der Waals surface area contributed by atoms with Gasteiger partial charge in [-0.25, -0.2) is 4.79 Å². The van der Waals surface area contributed by atoms with Crippen molar-refractivity contribution >= 4 is 17.8 Å². The number of hydrogen-bond donors (Lipinski definition) is 2. The Bertz CT molecular complexity index is 852. The van der Waals surface area contributed by atoms with Gasteiger partial charge < -0.3 is 15.4 Å². The quantitative estimate of drug-likeness (QED) is 0.638. The van der Waals surface area contributed by atoms with Crippen LogP contribution < -0.4 is 15.4 Å². The lowest BCUT2D eigenvalue weighted by Crippen LogP contribution is -2.33. The largest absolute Gasteiger partial charge is 0.497 e. The van der Waals surface area contributed by atoms with E-state index in [1.54, 1.807) is 7.11 Å². The number of amides is 4. The second kappa shape index (κ2) is 9.73. The van der Waals surface area contributed by atoms with Gasteiger partial charge in [0.15, 0.2) is 0 Å². The first-order valence-corrected chi connectivity index (χ1v) is 9.62. The molecule has 0 aromatic heterocycles. The van der Waals surface area contributed by atoms with Crippen LogP contribution in [0, 0.1) is 0 Å². The zero-order valence-corrected chi connectivity index (χ0v) is 16.4. The van der Waals surface area contributed by atoms with Gasteiger partial charge in [-0.15, -0.1) is 0 Å². The van der Waals surface area contributed by atoms with E-state index in [1.807, 2.05) is 54.6 Å². The molecule has 2 aromatic carbocycles. The van der Waals surface area contributed by atoms with Crippen molar-refractivity contribution in [3.63, 3.8) is 0 Å². The van der Waals surface area contributed by atoms with Crippen molar-refractivity contribution in [1.82, 2.24) is 15.5 Å². The van der Waals surface area contributed by atoms with Crippen molar-refractivity contribution in [3.8, 4) is 5.75 Å². The first-order chi connectivity index (χ1) is 14.1. The Morgan fingerprint density at radius 2 is 1.79 bits per heavy atom. The SMILES string of the molecule is COc1ccc(CCNC(=O)CC[C@@H]2NC(=O)N(Cc3ccccc3)C2=O)cc1. The van der Waals surface area contributed by atoms with Gasteiger partial charge in [-0.1, -0.05) is 42.5 Å². The van der Waals surface area contributed by atoms with Gasteiger partial charge in [0.05, 0.1) is 13.7 Å². The van der Waals surface area contributed by atoms with Crippen LogP contribution in [0.25, 0.3) is 0 Å². The van der Waals surface area contributed by atoms with Gasteiger partial charge in [-0.05, 0) is 36.1 Å². The van der Waals surface area contributed by atoms with Gasteiger partial charge in [-0.2, -0.15) is 0 Å². The molecule has 0 aliphatic carbocycles. The summed E-state index contributed by atoms with van der Waals surface area (Å²) in [7, 11) is 1.62. The lowest BCUT2D eigenvalue weighted by Gasteiger charge is -2.13. The minimum Gasteiger partial charge on any atom is -0.497 e. The van der Waals surface area contributed by atoms with Crippen LogP contribution in [0.1, 0.15) is 24.0 Å². The van der Waals surface area contributed by atoms with Crippen molar-refractivity contribution in [2.45, 2.75) is 31.8 Å². The van der Waals surface area contributed by atoms with Crippen molar-refractivity contribution < 1.29 is 19.1 Å². The Hall–Kier alpha value is -3.35. The third-order valence-corrected chi connectivity index (χ3v) is 4.85. The lowest BCUT2D eigenvalue weighted by atomic mass is 10.1. The molecule has 7 heteroatoms. The first kappa shape index (κ1) is 20.4. The number of urea groups is 1. The van der Waals surface area contributed by atoms with Crippen molar-refractivity contribution in [3.05, 3.63) is 65.7 Å². The molecule has 1 aliphatic heterocycles. The van der Waals surface area contributed by atoms with Gasteiger partial charge in [-0.3, -0.25) is 14.5 Å². The van der Waals surface area contributed by atoms with E-state index in [4.69, 9.17) is 4.74 Å². The van der Waals surface area contributed by atoms with Crippen molar-refractivity contribution in [2.75, 3.05) is 13.7 Å². The molecule has 1 saturated heterocycles. The molecule has 152 valence electrons. The summed E-state index contributed by atoms with van der Waals surface area (Å²) in [6.45, 7) is 0.742. The maximum atomic E-state index is 12.5. The highest BCUT2D eigenvalue weighted by Crippen LogP contribution is 2.15. The fourth-order valence-electron chi connectivity index (χ4n) is 3.19. The van der Waals surface area contributed by atoms with E-state index in [9.17, 15) is 14.4 Å². The molecular weight excluding hydrogens is 370 g/mol. The molecule has 1 heterocycles. The summed E-state index contributed by atoms with van der Waals surface area (Å²) in [6, 6.07) is 15.9. The van der Waals surface area contributed by atoms with E-state index >= 15 is 0 Å². The van der Waals surface area contributed by atoms with Crippen LogP contribution in [0.5, 0.6) is 5.75 Å². The van der Waals surface area contributed by atoms with Gasteiger partial charge in [0.1, 0.15) is 11.8 Å². The minimum atomic E-state index is -0.654. The number of nitrogens with zero attached hydrogens (tertiary/aromatic N) is 1. The predicted molar refractivity (Wildman–Crippen MR) is 108 cm³/mol. The molecule has 1 aliphatic rings. The van der Waals surface area contributed by atoms with E-state index < -0.39 is 12.1 Å². The third-order valence-electron chi connectivity index (χ3n) is 4.85. The summed E-state index contributed by atoms with van der Waals surface area (Å²) in [6.07, 6.45) is 1.17. The molecule has 1 atom stereocenters. The van der Waals surface area contributed by atoms with Crippen LogP contribution in [0.2, 0.25) is 0 Å². The third kappa shape index (κ3) is 5.57. The predicted octanol–water partition coefficient (Wildman–Crippen LogP) is 2.25. The Balaban J connectivity index is 1.40. The molecular formula is C22H25N3O4. The minimum absolute atomic E-state index is 0.137. The fourth-order valence-corrected chi connectivity index (χ4v) is 3.19. The molecule has 1 fully saturated rings. The lowest BCUT2D eigenvalue weighted by molar-refractivity contribution is -0.128. The molecule has 0 bridgehead atoms. The maximum absolute atomic E-state index is 12.5. The fraction of sp³-hybridized carbons (Fsp3) is 0.318. The standard InChI is InChI=1S/C22H25N3O4/c1-29-18-9-7-16(8-10-18)13-14-23-20(26)12-11-19-21(27)25(22(28)24-19)15-17-5-3-2-4-6-17/h2-10,19H,11-15H2,1H3,(H,23,26)(H,24,28)/t19-/m0/s1. The van der Waals surface area contributed by atoms with Gasteiger partial charge in [0, 0.05) is 13.0 Å². The second-order valence-corrected chi connectivity index (χ2v) is 6.90. The van der Waals surface area contributed by atoms with Gasteiger partial charge in [0.25, 0.3) is 5.91 Å². The Morgan fingerprint density at radius 1 is 1.07 bits per heavy atom. The summed E-state index contributed by atoms with van der Waals surface area (Å²) >= 11 is 0. The van der Waals surface area contributed by atoms with E-state index in [-0.39, 0.29) is 31.2 Å². The average Bonchev–Trinajstić information content (AvgIpc) is 3.01. The molecule has 0 unspecified atom stereocenters. The number of benzene rings is 2. The molecule has 0 radical (unpaired) electrons. The zero-order chi connectivity index (χ0) is 20.6. The zero-order valence-electron chi connectivity index (χ0n) is 16.4. The van der Waals surface area contributed by atoms with Crippen molar-refractivity contribution in [1.29, 1.82) is 0 Å². The topological polar surface area (TPSA) is 87.7 Å².